The second-order valence-corrected chi connectivity index (χ2v) is 9.43. The highest BCUT2D eigenvalue weighted by atomic mass is 35.5. The van der Waals surface area contributed by atoms with E-state index >= 15 is 0 Å². The van der Waals surface area contributed by atoms with Crippen LogP contribution in [0.25, 0.3) is 11.1 Å². The lowest BCUT2D eigenvalue weighted by Crippen LogP contribution is -2.38. The lowest BCUT2D eigenvalue weighted by Gasteiger charge is -2.35. The van der Waals surface area contributed by atoms with Gasteiger partial charge in [0.05, 0.1) is 16.7 Å². The van der Waals surface area contributed by atoms with Crippen LogP contribution in [0.3, 0.4) is 0 Å². The summed E-state index contributed by atoms with van der Waals surface area (Å²) < 4.78 is 13.4. The van der Waals surface area contributed by atoms with Crippen molar-refractivity contribution in [2.45, 2.75) is 18.8 Å². The summed E-state index contributed by atoms with van der Waals surface area (Å²) in [7, 11) is 2.13. The van der Waals surface area contributed by atoms with Crippen LogP contribution in [-0.4, -0.2) is 37.6 Å². The lowest BCUT2D eigenvalue weighted by molar-refractivity contribution is 0.195. The molecule has 2 N–H and O–H groups in total. The number of hydrogen-bond donors (Lipinski definition) is 2. The number of amides is 2. The molecule has 0 saturated carbocycles. The maximum atomic E-state index is 13.4. The predicted molar refractivity (Wildman–Crippen MR) is 138 cm³/mol. The van der Waals surface area contributed by atoms with E-state index in [4.69, 9.17) is 11.6 Å². The molecule has 3 aromatic carbocycles. The van der Waals surface area contributed by atoms with E-state index in [9.17, 15) is 14.4 Å². The van der Waals surface area contributed by atoms with E-state index < -0.39 is 5.82 Å². The van der Waals surface area contributed by atoms with E-state index in [1.54, 1.807) is 6.07 Å². The quantitative estimate of drug-likeness (QED) is 0.428. The van der Waals surface area contributed by atoms with Crippen LogP contribution >= 0.6 is 11.6 Å². The molecule has 0 aromatic heterocycles. The maximum Gasteiger partial charge on any atom is 0.319 e. The number of nitriles is 1. The van der Waals surface area contributed by atoms with Crippen molar-refractivity contribution in [1.82, 2.24) is 10.2 Å². The number of rotatable bonds is 6. The topological polar surface area (TPSA) is 68.2 Å². The number of benzene rings is 3. The van der Waals surface area contributed by atoms with Gasteiger partial charge in [0.25, 0.3) is 0 Å². The molecule has 5 nitrogen and oxygen atoms in total. The second-order valence-electron chi connectivity index (χ2n) is 9.03. The van der Waals surface area contributed by atoms with Crippen molar-refractivity contribution in [2.75, 3.05) is 32.0 Å². The number of hydrogen-bond acceptors (Lipinski definition) is 3. The van der Waals surface area contributed by atoms with Crippen molar-refractivity contribution >= 4 is 23.3 Å². The summed E-state index contributed by atoms with van der Waals surface area (Å²) in [5.74, 6) is 0.0769. The van der Waals surface area contributed by atoms with Crippen LogP contribution < -0.4 is 10.6 Å². The fourth-order valence-corrected chi connectivity index (χ4v) is 4.81. The lowest BCUT2D eigenvalue weighted by atomic mass is 9.79. The number of anilines is 1. The van der Waals surface area contributed by atoms with Gasteiger partial charge in [-0.15, -0.1) is 0 Å². The Balaban J connectivity index is 1.48. The van der Waals surface area contributed by atoms with Crippen LogP contribution in [0, 0.1) is 23.1 Å². The number of piperidine rings is 1. The summed E-state index contributed by atoms with van der Waals surface area (Å²) in [6.07, 6.45) is 2.12. The van der Waals surface area contributed by atoms with Crippen molar-refractivity contribution < 1.29 is 9.18 Å². The molecule has 1 unspecified atom stereocenters. The molecule has 1 saturated heterocycles. The summed E-state index contributed by atoms with van der Waals surface area (Å²) in [5.41, 5.74) is 4.29. The van der Waals surface area contributed by atoms with Crippen LogP contribution in [0.4, 0.5) is 14.9 Å². The van der Waals surface area contributed by atoms with Crippen molar-refractivity contribution in [3.8, 4) is 17.2 Å². The first-order valence-electron chi connectivity index (χ1n) is 11.7. The summed E-state index contributed by atoms with van der Waals surface area (Å²) in [5, 5.41) is 14.9. The van der Waals surface area contributed by atoms with E-state index in [2.05, 4.69) is 52.9 Å². The highest BCUT2D eigenvalue weighted by molar-refractivity contribution is 6.31. The summed E-state index contributed by atoms with van der Waals surface area (Å²) in [4.78, 5) is 14.9. The van der Waals surface area contributed by atoms with Crippen LogP contribution in [-0.2, 0) is 0 Å². The van der Waals surface area contributed by atoms with Crippen LogP contribution in [0.2, 0.25) is 5.02 Å². The Labute approximate surface area is 210 Å². The average Bonchev–Trinajstić information content (AvgIpc) is 2.88. The highest BCUT2D eigenvalue weighted by Crippen LogP contribution is 2.33. The Kier molecular flexibility index (Phi) is 8.02. The molecule has 7 heteroatoms. The van der Waals surface area contributed by atoms with Crippen LogP contribution in [0.5, 0.6) is 0 Å². The van der Waals surface area contributed by atoms with Gasteiger partial charge in [-0.3, -0.25) is 0 Å². The van der Waals surface area contributed by atoms with Gasteiger partial charge in [0.1, 0.15) is 5.82 Å². The monoisotopic (exact) mass is 490 g/mol. The van der Waals surface area contributed by atoms with Gasteiger partial charge in [-0.25, -0.2) is 9.18 Å². The third-order valence-corrected chi connectivity index (χ3v) is 6.95. The number of carbonyl (C=O) groups is 1. The van der Waals surface area contributed by atoms with Crippen molar-refractivity contribution in [3.63, 3.8) is 0 Å². The van der Waals surface area contributed by atoms with E-state index in [1.807, 2.05) is 18.2 Å². The molecule has 0 spiro atoms. The number of carbonyl (C=O) groups excluding carboxylic acids is 1. The molecule has 180 valence electrons. The van der Waals surface area contributed by atoms with Gasteiger partial charge in [0.15, 0.2) is 0 Å². The van der Waals surface area contributed by atoms with E-state index in [0.29, 0.717) is 23.7 Å². The number of nitrogens with zero attached hydrogens (tertiary/aromatic N) is 2. The Bertz CT molecular complexity index is 1220. The fourth-order valence-electron chi connectivity index (χ4n) is 4.63. The van der Waals surface area contributed by atoms with Gasteiger partial charge in [0.2, 0.25) is 0 Å². The fraction of sp³-hybridized carbons (Fsp3) is 0.286. The van der Waals surface area contributed by atoms with Crippen LogP contribution in [0.15, 0.2) is 66.7 Å². The first kappa shape index (κ1) is 24.7. The van der Waals surface area contributed by atoms with Crippen LogP contribution in [0.1, 0.15) is 29.9 Å². The molecular formula is C28H28ClFN4O. The molecule has 0 radical (unpaired) electrons. The van der Waals surface area contributed by atoms with Gasteiger partial charge >= 0.3 is 6.03 Å². The first-order valence-corrected chi connectivity index (χ1v) is 12.1. The largest absolute Gasteiger partial charge is 0.337 e. The van der Waals surface area contributed by atoms with Crippen molar-refractivity contribution in [2.24, 2.45) is 5.92 Å². The molecule has 35 heavy (non-hydrogen) atoms. The first-order chi connectivity index (χ1) is 16.9. The number of nitrogens with one attached hydrogen (secondary N) is 2. The highest BCUT2D eigenvalue weighted by Gasteiger charge is 2.27. The van der Waals surface area contributed by atoms with Gasteiger partial charge in [0, 0.05) is 18.2 Å². The molecule has 1 aliphatic rings. The molecule has 4 rings (SSSR count). The smallest absolute Gasteiger partial charge is 0.319 e. The number of likely N-dealkylation sites (tertiary alicyclic amines) is 1. The summed E-state index contributed by atoms with van der Waals surface area (Å²) in [6, 6.07) is 21.9. The average molecular weight is 491 g/mol. The summed E-state index contributed by atoms with van der Waals surface area (Å²) in [6.45, 7) is 2.54. The number of halogens is 2. The van der Waals surface area contributed by atoms with Crippen molar-refractivity contribution in [1.29, 1.82) is 5.26 Å². The Morgan fingerprint density at radius 2 is 1.86 bits per heavy atom. The molecule has 3 aromatic rings. The zero-order valence-corrected chi connectivity index (χ0v) is 20.4. The van der Waals surface area contributed by atoms with Gasteiger partial charge in [-0.2, -0.15) is 5.26 Å². The number of urea groups is 1. The molecule has 0 bridgehead atoms. The van der Waals surface area contributed by atoms with Crippen molar-refractivity contribution in [3.05, 3.63) is 88.7 Å². The van der Waals surface area contributed by atoms with Gasteiger partial charge < -0.3 is 15.5 Å². The third-order valence-electron chi connectivity index (χ3n) is 6.66. The maximum absolute atomic E-state index is 13.4. The molecular weight excluding hydrogens is 463 g/mol. The van der Waals surface area contributed by atoms with E-state index in [0.717, 1.165) is 37.1 Å². The molecule has 0 aliphatic carbocycles. The third kappa shape index (κ3) is 6.39. The van der Waals surface area contributed by atoms with E-state index in [-0.39, 0.29) is 17.0 Å². The second kappa shape index (κ2) is 11.4. The minimum absolute atomic E-state index is 0.0348. The molecule has 2 amide bonds. The zero-order chi connectivity index (χ0) is 24.8. The molecule has 1 heterocycles. The summed E-state index contributed by atoms with van der Waals surface area (Å²) >= 11 is 5.83. The Morgan fingerprint density at radius 3 is 2.54 bits per heavy atom. The molecule has 1 atom stereocenters. The zero-order valence-electron chi connectivity index (χ0n) is 19.6. The Hall–Kier alpha value is -3.40. The van der Waals surface area contributed by atoms with Gasteiger partial charge in [-0.1, -0.05) is 48.0 Å². The standard InChI is InChI=1S/C28H28ClFN4O/c1-34-13-11-22(12-14-34)25(18-32-28(35)33-24-9-10-27(30)26(29)16-24)21-7-5-20(6-8-21)23-4-2-3-19(15-23)17-31/h2-10,15-16,22,25H,11-14,18H2,1H3,(H2,32,33,35). The predicted octanol–water partition coefficient (Wildman–Crippen LogP) is 6.26. The molecule has 1 fully saturated rings. The normalized spacial score (nSPS) is 15.3. The SMILES string of the molecule is CN1CCC(C(CNC(=O)Nc2ccc(F)c(Cl)c2)c2ccc(-c3cccc(C#N)c3)cc2)CC1. The minimum Gasteiger partial charge on any atom is -0.337 e. The Morgan fingerprint density at radius 1 is 1.11 bits per heavy atom. The minimum atomic E-state index is -0.525. The molecule has 1 aliphatic heterocycles. The van der Waals surface area contributed by atoms with E-state index in [1.165, 1.54) is 23.8 Å². The van der Waals surface area contributed by atoms with Gasteiger partial charge in [-0.05, 0) is 85.9 Å².